The lowest BCUT2D eigenvalue weighted by Crippen LogP contribution is -2.06. The van der Waals surface area contributed by atoms with Gasteiger partial charge in [0.1, 0.15) is 0 Å². The maximum Gasteiger partial charge on any atom is 0.238 e. The number of hydrogen-bond donors (Lipinski definition) is 0. The molecule has 0 aliphatic carbocycles. The Hall–Kier alpha value is -7.89. The number of aromatic nitrogens is 5. The maximum absolute atomic E-state index is 5.31. The third-order valence-corrected chi connectivity index (χ3v) is 10.8. The molecule has 11 rings (SSSR count). The van der Waals surface area contributed by atoms with Crippen molar-refractivity contribution in [3.63, 3.8) is 0 Å². The van der Waals surface area contributed by atoms with Crippen LogP contribution in [0.4, 0.5) is 0 Å². The standard InChI is InChI=1S/C51H33N5.C3H6/c1-5-18-34(19-6-1)37-24-17-25-38(32-37)42-33-45-47(41-29-14-15-30-43(41)55(45)39-26-11-4-12-27-39)48-46(42)40-28-13-16-31-44(40)56(48)51-53-49(35-20-7-2-8-21-35)52-50(54-51)36-22-9-3-10-23-36;1-3-2/h1-33H;3H,1H2,2H3. The highest BCUT2D eigenvalue weighted by Gasteiger charge is 2.26. The molecule has 5 nitrogen and oxygen atoms in total. The molecule has 0 saturated carbocycles. The molecule has 3 aromatic heterocycles. The second-order valence-corrected chi connectivity index (χ2v) is 14.5. The van der Waals surface area contributed by atoms with E-state index in [4.69, 9.17) is 15.0 Å². The second kappa shape index (κ2) is 15.2. The second-order valence-electron chi connectivity index (χ2n) is 14.5. The quantitative estimate of drug-likeness (QED) is 0.159. The van der Waals surface area contributed by atoms with Crippen molar-refractivity contribution >= 4 is 43.6 Å². The minimum Gasteiger partial charge on any atom is -0.309 e. The molecule has 0 fully saturated rings. The van der Waals surface area contributed by atoms with E-state index in [2.05, 4.69) is 180 Å². The molecular formula is C54H39N5. The van der Waals surface area contributed by atoms with Gasteiger partial charge in [-0.25, -0.2) is 4.98 Å². The third-order valence-electron chi connectivity index (χ3n) is 10.8. The smallest absolute Gasteiger partial charge is 0.238 e. The average Bonchev–Trinajstić information content (AvgIpc) is 3.83. The van der Waals surface area contributed by atoms with Gasteiger partial charge in [-0.05, 0) is 65.6 Å². The fraction of sp³-hybridized carbons (Fsp3) is 0.0185. The predicted octanol–water partition coefficient (Wildman–Crippen LogP) is 13.9. The monoisotopic (exact) mass is 757 g/mol. The molecule has 3 heterocycles. The van der Waals surface area contributed by atoms with E-state index >= 15 is 0 Å². The molecule has 0 aliphatic heterocycles. The molecule has 0 spiro atoms. The first kappa shape index (κ1) is 35.5. The van der Waals surface area contributed by atoms with Crippen molar-refractivity contribution in [3.05, 3.63) is 213 Å². The van der Waals surface area contributed by atoms with Crippen LogP contribution in [0.5, 0.6) is 0 Å². The highest BCUT2D eigenvalue weighted by Crippen LogP contribution is 2.46. The summed E-state index contributed by atoms with van der Waals surface area (Å²) >= 11 is 0. The Morgan fingerprint density at radius 3 is 1.46 bits per heavy atom. The van der Waals surface area contributed by atoms with Gasteiger partial charge < -0.3 is 4.57 Å². The van der Waals surface area contributed by atoms with Crippen molar-refractivity contribution < 1.29 is 0 Å². The molecule has 0 N–H and O–H groups in total. The summed E-state index contributed by atoms with van der Waals surface area (Å²) in [6, 6.07) is 70.4. The molecule has 0 aliphatic rings. The van der Waals surface area contributed by atoms with Gasteiger partial charge in [-0.15, -0.1) is 6.58 Å². The highest BCUT2D eigenvalue weighted by molar-refractivity contribution is 6.29. The van der Waals surface area contributed by atoms with Crippen LogP contribution in [0.2, 0.25) is 0 Å². The zero-order chi connectivity index (χ0) is 39.7. The summed E-state index contributed by atoms with van der Waals surface area (Å²) in [7, 11) is 0. The lowest BCUT2D eigenvalue weighted by atomic mass is 9.94. The van der Waals surface area contributed by atoms with E-state index in [-0.39, 0.29) is 0 Å². The molecule has 0 bridgehead atoms. The van der Waals surface area contributed by atoms with Gasteiger partial charge >= 0.3 is 0 Å². The number of nitrogens with zero attached hydrogens (tertiary/aromatic N) is 5. The number of para-hydroxylation sites is 3. The molecule has 0 unspecified atom stereocenters. The molecule has 11 aromatic rings. The van der Waals surface area contributed by atoms with Gasteiger partial charge in [0.2, 0.25) is 5.95 Å². The summed E-state index contributed by atoms with van der Waals surface area (Å²) < 4.78 is 4.68. The minimum atomic E-state index is 0.567. The minimum absolute atomic E-state index is 0.567. The Labute approximate surface area is 342 Å². The number of rotatable bonds is 6. The van der Waals surface area contributed by atoms with Crippen LogP contribution in [0.3, 0.4) is 0 Å². The summed E-state index contributed by atoms with van der Waals surface area (Å²) in [4.78, 5) is 15.7. The van der Waals surface area contributed by atoms with Gasteiger partial charge in [-0.3, -0.25) is 4.57 Å². The highest BCUT2D eigenvalue weighted by atomic mass is 15.2. The normalized spacial score (nSPS) is 11.2. The largest absolute Gasteiger partial charge is 0.309 e. The molecule has 8 aromatic carbocycles. The van der Waals surface area contributed by atoms with Crippen LogP contribution < -0.4 is 0 Å². The molecule has 0 atom stereocenters. The fourth-order valence-electron chi connectivity index (χ4n) is 8.29. The van der Waals surface area contributed by atoms with Gasteiger partial charge in [-0.2, -0.15) is 9.97 Å². The zero-order valence-corrected chi connectivity index (χ0v) is 32.6. The Morgan fingerprint density at radius 2 is 0.864 bits per heavy atom. The number of hydrogen-bond acceptors (Lipinski definition) is 3. The van der Waals surface area contributed by atoms with Crippen molar-refractivity contribution in [3.8, 4) is 56.7 Å². The van der Waals surface area contributed by atoms with E-state index in [1.54, 1.807) is 6.08 Å². The third kappa shape index (κ3) is 6.26. The molecule has 5 heteroatoms. The van der Waals surface area contributed by atoms with Crippen molar-refractivity contribution in [2.45, 2.75) is 6.92 Å². The van der Waals surface area contributed by atoms with E-state index in [0.29, 0.717) is 17.6 Å². The van der Waals surface area contributed by atoms with E-state index < -0.39 is 0 Å². The molecule has 280 valence electrons. The summed E-state index contributed by atoms with van der Waals surface area (Å²) in [5.74, 6) is 1.81. The SMILES string of the molecule is C=CC.c1ccc(-c2cccc(-c3cc4c(c5ccccc5n4-c4ccccc4)c4c3c3ccccc3n4-c3nc(-c4ccccc4)nc(-c4ccccc4)n3)c2)cc1. The first-order valence-electron chi connectivity index (χ1n) is 19.9. The number of benzene rings is 8. The lowest BCUT2D eigenvalue weighted by Gasteiger charge is -2.14. The molecule has 0 radical (unpaired) electrons. The van der Waals surface area contributed by atoms with E-state index in [9.17, 15) is 0 Å². The first-order valence-corrected chi connectivity index (χ1v) is 19.9. The van der Waals surface area contributed by atoms with E-state index in [1.807, 2.05) is 43.3 Å². The van der Waals surface area contributed by atoms with Crippen LogP contribution in [-0.2, 0) is 0 Å². The van der Waals surface area contributed by atoms with Crippen molar-refractivity contribution in [1.29, 1.82) is 0 Å². The Balaban J connectivity index is 0.00000136. The maximum atomic E-state index is 5.31. The van der Waals surface area contributed by atoms with Gasteiger partial charge in [0.25, 0.3) is 0 Å². The van der Waals surface area contributed by atoms with Crippen molar-refractivity contribution in [1.82, 2.24) is 24.1 Å². The number of fused-ring (bicyclic) bond motifs is 7. The lowest BCUT2D eigenvalue weighted by molar-refractivity contribution is 0.955. The number of allylic oxidation sites excluding steroid dienone is 1. The van der Waals surface area contributed by atoms with Crippen molar-refractivity contribution in [2.75, 3.05) is 0 Å². The van der Waals surface area contributed by atoms with Gasteiger partial charge in [-0.1, -0.05) is 170 Å². The molecule has 0 amide bonds. The van der Waals surface area contributed by atoms with Crippen LogP contribution in [0, 0.1) is 0 Å². The Kier molecular flexibility index (Phi) is 9.16. The zero-order valence-electron chi connectivity index (χ0n) is 32.6. The van der Waals surface area contributed by atoms with Crippen LogP contribution in [0.1, 0.15) is 6.92 Å². The van der Waals surface area contributed by atoms with Crippen molar-refractivity contribution in [2.24, 2.45) is 0 Å². The topological polar surface area (TPSA) is 48.5 Å². The fourth-order valence-corrected chi connectivity index (χ4v) is 8.29. The summed E-state index contributed by atoms with van der Waals surface area (Å²) in [5, 5.41) is 4.58. The van der Waals surface area contributed by atoms with Gasteiger partial charge in [0.15, 0.2) is 11.6 Å². The molecule has 0 saturated heterocycles. The van der Waals surface area contributed by atoms with Crippen LogP contribution in [0.15, 0.2) is 213 Å². The van der Waals surface area contributed by atoms with Crippen LogP contribution >= 0.6 is 0 Å². The average molecular weight is 758 g/mol. The first-order chi connectivity index (χ1) is 29.2. The Morgan fingerprint density at radius 1 is 0.407 bits per heavy atom. The summed E-state index contributed by atoms with van der Waals surface area (Å²) in [6.45, 7) is 5.25. The molecule has 59 heavy (non-hydrogen) atoms. The van der Waals surface area contributed by atoms with E-state index in [1.165, 1.54) is 11.1 Å². The van der Waals surface area contributed by atoms with E-state index in [0.717, 1.165) is 71.6 Å². The molecular weight excluding hydrogens is 719 g/mol. The summed E-state index contributed by atoms with van der Waals surface area (Å²) in [5.41, 5.74) is 11.9. The van der Waals surface area contributed by atoms with Crippen LogP contribution in [0.25, 0.3) is 100 Å². The predicted molar refractivity (Wildman–Crippen MR) is 246 cm³/mol. The Bertz CT molecular complexity index is 3220. The van der Waals surface area contributed by atoms with Crippen LogP contribution in [-0.4, -0.2) is 24.1 Å². The van der Waals surface area contributed by atoms with Gasteiger partial charge in [0.05, 0.1) is 22.1 Å². The summed E-state index contributed by atoms with van der Waals surface area (Å²) in [6.07, 6.45) is 1.75. The van der Waals surface area contributed by atoms with Gasteiger partial charge in [0, 0.05) is 38.4 Å².